The molecule has 1 spiro atoms. The van der Waals surface area contributed by atoms with E-state index in [4.69, 9.17) is 27.9 Å². The molecule has 3 atom stereocenters. The molecule has 0 aliphatic carbocycles. The number of fused-ring (bicyclic) bond motifs is 2. The Morgan fingerprint density at radius 3 is 2.43 bits per heavy atom. The van der Waals surface area contributed by atoms with Crippen molar-refractivity contribution in [2.75, 3.05) is 25.0 Å². The molecule has 0 aromatic heterocycles. The molecule has 9 nitrogen and oxygen atoms in total. The number of ether oxygens (including phenoxy) is 1. The molecule has 0 bridgehead atoms. The van der Waals surface area contributed by atoms with Gasteiger partial charge >= 0.3 is 6.09 Å². The summed E-state index contributed by atoms with van der Waals surface area (Å²) in [4.78, 5) is 58.4. The zero-order valence-corrected chi connectivity index (χ0v) is 29.3. The predicted molar refractivity (Wildman–Crippen MR) is 185 cm³/mol. The average molecular weight is 710 g/mol. The number of likely N-dealkylation sites (tertiary alicyclic amines) is 2. The third-order valence-electron chi connectivity index (χ3n) is 9.66. The van der Waals surface area contributed by atoms with Crippen molar-refractivity contribution in [3.8, 4) is 0 Å². The van der Waals surface area contributed by atoms with E-state index in [0.717, 1.165) is 0 Å². The lowest BCUT2D eigenvalue weighted by Crippen LogP contribution is -2.60. The number of nitrogens with one attached hydrogen (secondary N) is 2. The molecule has 3 heterocycles. The van der Waals surface area contributed by atoms with Crippen molar-refractivity contribution < 1.29 is 28.3 Å². The van der Waals surface area contributed by atoms with E-state index in [9.17, 15) is 19.2 Å². The molecule has 4 amide bonds. The Labute approximate surface area is 295 Å². The quantitative estimate of drug-likeness (QED) is 0.300. The highest BCUT2D eigenvalue weighted by atomic mass is 35.5. The van der Waals surface area contributed by atoms with Gasteiger partial charge in [0.25, 0.3) is 0 Å². The van der Waals surface area contributed by atoms with Crippen molar-refractivity contribution in [3.05, 3.63) is 98.8 Å². The van der Waals surface area contributed by atoms with Gasteiger partial charge in [-0.1, -0.05) is 47.5 Å². The SMILES string of the molecule is Cc1ccc(F)cc1[C@H]1N(CC(=O)NC2CCN(C(=O)OC(C)(C)C)CC2)C(=O)C[C@@H](c2cccc(Cl)c2)[C@]12C(=O)Nc1cc(Cl)ccc12. The van der Waals surface area contributed by atoms with Gasteiger partial charge in [0, 0.05) is 47.2 Å². The van der Waals surface area contributed by atoms with Gasteiger partial charge in [0.05, 0.1) is 6.04 Å². The summed E-state index contributed by atoms with van der Waals surface area (Å²) in [5.41, 5.74) is 0.713. The van der Waals surface area contributed by atoms with Crippen LogP contribution in [0.3, 0.4) is 0 Å². The molecular weight excluding hydrogens is 670 g/mol. The predicted octanol–water partition coefficient (Wildman–Crippen LogP) is 6.90. The Morgan fingerprint density at radius 2 is 1.73 bits per heavy atom. The molecule has 49 heavy (non-hydrogen) atoms. The molecule has 2 N–H and O–H groups in total. The van der Waals surface area contributed by atoms with Gasteiger partial charge in [-0.2, -0.15) is 0 Å². The maximum absolute atomic E-state index is 15.1. The van der Waals surface area contributed by atoms with Crippen molar-refractivity contribution in [3.63, 3.8) is 0 Å². The Bertz CT molecular complexity index is 1820. The van der Waals surface area contributed by atoms with Gasteiger partial charge in [-0.3, -0.25) is 14.4 Å². The van der Waals surface area contributed by atoms with Crippen molar-refractivity contribution in [2.45, 2.75) is 76.0 Å². The van der Waals surface area contributed by atoms with Gasteiger partial charge in [0.15, 0.2) is 0 Å². The summed E-state index contributed by atoms with van der Waals surface area (Å²) in [6.07, 6.45) is 0.494. The molecular formula is C37H39Cl2FN4O5. The number of nitrogens with zero attached hydrogens (tertiary/aromatic N) is 2. The Balaban J connectivity index is 1.38. The van der Waals surface area contributed by atoms with Crippen LogP contribution in [-0.4, -0.2) is 64.9 Å². The van der Waals surface area contributed by atoms with Crippen LogP contribution in [-0.2, 0) is 24.5 Å². The molecule has 258 valence electrons. The van der Waals surface area contributed by atoms with Crippen LogP contribution in [0.25, 0.3) is 0 Å². The third kappa shape index (κ3) is 6.73. The first-order valence-corrected chi connectivity index (χ1v) is 17.1. The number of benzene rings is 3. The topological polar surface area (TPSA) is 108 Å². The molecule has 0 unspecified atom stereocenters. The minimum absolute atomic E-state index is 0.109. The van der Waals surface area contributed by atoms with Gasteiger partial charge in [0.2, 0.25) is 17.7 Å². The first-order valence-electron chi connectivity index (χ1n) is 16.4. The summed E-state index contributed by atoms with van der Waals surface area (Å²) in [7, 11) is 0. The number of piperidine rings is 2. The Morgan fingerprint density at radius 1 is 1.02 bits per heavy atom. The van der Waals surface area contributed by atoms with Gasteiger partial charge in [-0.05, 0) is 99.2 Å². The van der Waals surface area contributed by atoms with Crippen LogP contribution < -0.4 is 10.6 Å². The highest BCUT2D eigenvalue weighted by Gasteiger charge is 2.63. The number of hydrogen-bond acceptors (Lipinski definition) is 5. The second kappa shape index (κ2) is 13.3. The zero-order chi connectivity index (χ0) is 35.2. The normalized spacial score (nSPS) is 22.6. The van der Waals surface area contributed by atoms with Crippen molar-refractivity contribution >= 4 is 52.7 Å². The number of hydrogen-bond donors (Lipinski definition) is 2. The van der Waals surface area contributed by atoms with Crippen LogP contribution in [0.5, 0.6) is 0 Å². The van der Waals surface area contributed by atoms with Crippen molar-refractivity contribution in [1.82, 2.24) is 15.1 Å². The molecule has 2 saturated heterocycles. The molecule has 12 heteroatoms. The molecule has 3 aliphatic rings. The standard InChI is InChI=1S/C37H39Cl2FN4O5/c1-21-8-10-25(40)18-27(21)33-37(28-11-9-24(39)17-30(28)42-34(37)47)29(22-6-5-7-23(38)16-22)19-32(46)44(33)20-31(45)41-26-12-14-43(15-13-26)35(48)49-36(2,3)4/h5-11,16-18,26,29,33H,12-15,19-20H2,1-4H3,(H,41,45)(H,42,47)/t29-,33+,37-/m0/s1. The fourth-order valence-corrected chi connectivity index (χ4v) is 7.91. The first kappa shape index (κ1) is 34.7. The average Bonchev–Trinajstić information content (AvgIpc) is 3.30. The fourth-order valence-electron chi connectivity index (χ4n) is 7.54. The summed E-state index contributed by atoms with van der Waals surface area (Å²) < 4.78 is 20.6. The molecule has 3 aliphatic heterocycles. The third-order valence-corrected chi connectivity index (χ3v) is 10.1. The summed E-state index contributed by atoms with van der Waals surface area (Å²) in [6, 6.07) is 15.1. The van der Waals surface area contributed by atoms with Crippen molar-refractivity contribution in [1.29, 1.82) is 0 Å². The molecule has 0 radical (unpaired) electrons. The van der Waals surface area contributed by atoms with Gasteiger partial charge in [-0.25, -0.2) is 9.18 Å². The second-order valence-corrected chi connectivity index (χ2v) is 14.9. The summed E-state index contributed by atoms with van der Waals surface area (Å²) in [6.45, 7) is 7.65. The fraction of sp³-hybridized carbons (Fsp3) is 0.405. The summed E-state index contributed by atoms with van der Waals surface area (Å²) in [5, 5.41) is 6.89. The van der Waals surface area contributed by atoms with Gasteiger partial charge in [-0.15, -0.1) is 0 Å². The Hall–Kier alpha value is -4.15. The maximum atomic E-state index is 15.1. The largest absolute Gasteiger partial charge is 0.444 e. The van der Waals surface area contributed by atoms with E-state index in [1.165, 1.54) is 17.0 Å². The maximum Gasteiger partial charge on any atom is 0.410 e. The van der Waals surface area contributed by atoms with E-state index in [2.05, 4.69) is 10.6 Å². The van der Waals surface area contributed by atoms with Crippen LogP contribution in [0.2, 0.25) is 10.0 Å². The molecule has 3 aromatic carbocycles. The van der Waals surface area contributed by atoms with E-state index in [-0.39, 0.29) is 24.9 Å². The molecule has 3 aromatic rings. The smallest absolute Gasteiger partial charge is 0.410 e. The number of carbonyl (C=O) groups is 4. The lowest BCUT2D eigenvalue weighted by molar-refractivity contribution is -0.149. The number of anilines is 1. The van der Waals surface area contributed by atoms with E-state index in [1.807, 2.05) is 26.8 Å². The second-order valence-electron chi connectivity index (χ2n) is 14.1. The number of amides is 4. The Kier molecular flexibility index (Phi) is 9.41. The lowest BCUT2D eigenvalue weighted by Gasteiger charge is -2.51. The zero-order valence-electron chi connectivity index (χ0n) is 27.8. The number of rotatable bonds is 5. The lowest BCUT2D eigenvalue weighted by atomic mass is 9.58. The summed E-state index contributed by atoms with van der Waals surface area (Å²) in [5.74, 6) is -2.44. The monoisotopic (exact) mass is 708 g/mol. The van der Waals surface area contributed by atoms with Crippen LogP contribution in [0, 0.1) is 12.7 Å². The number of aryl methyl sites for hydroxylation is 1. The summed E-state index contributed by atoms with van der Waals surface area (Å²) >= 11 is 12.8. The highest BCUT2D eigenvalue weighted by molar-refractivity contribution is 6.31. The number of carbonyl (C=O) groups excluding carboxylic acids is 4. The van der Waals surface area contributed by atoms with E-state index >= 15 is 4.39 Å². The molecule has 0 saturated carbocycles. The van der Waals surface area contributed by atoms with Crippen LogP contribution >= 0.6 is 23.2 Å². The molecule has 2 fully saturated rings. The van der Waals surface area contributed by atoms with Crippen LogP contribution in [0.15, 0.2) is 60.7 Å². The van der Waals surface area contributed by atoms with E-state index in [0.29, 0.717) is 63.9 Å². The van der Waals surface area contributed by atoms with Crippen molar-refractivity contribution in [2.24, 2.45) is 0 Å². The van der Waals surface area contributed by atoms with E-state index in [1.54, 1.807) is 54.3 Å². The number of halogens is 3. The van der Waals surface area contributed by atoms with Gasteiger partial charge in [0.1, 0.15) is 23.4 Å². The highest BCUT2D eigenvalue weighted by Crippen LogP contribution is 2.60. The minimum Gasteiger partial charge on any atom is -0.444 e. The minimum atomic E-state index is -1.48. The van der Waals surface area contributed by atoms with Gasteiger partial charge < -0.3 is 25.2 Å². The first-order chi connectivity index (χ1) is 23.2. The molecule has 6 rings (SSSR count). The van der Waals surface area contributed by atoms with E-state index < -0.39 is 46.7 Å². The van der Waals surface area contributed by atoms with Crippen LogP contribution in [0.4, 0.5) is 14.9 Å². The van der Waals surface area contributed by atoms with Crippen LogP contribution in [0.1, 0.15) is 74.2 Å².